The van der Waals surface area contributed by atoms with Gasteiger partial charge in [-0.15, -0.1) is 0 Å². The Balaban J connectivity index is 2.04. The van der Waals surface area contributed by atoms with Crippen LogP contribution in [0.3, 0.4) is 0 Å². The number of piperidine rings is 1. The number of aromatic hydroxyl groups is 1. The van der Waals surface area contributed by atoms with Crippen LogP contribution in [0.15, 0.2) is 23.5 Å². The Morgan fingerprint density at radius 3 is 2.71 bits per heavy atom. The van der Waals surface area contributed by atoms with Gasteiger partial charge < -0.3 is 30.1 Å². The van der Waals surface area contributed by atoms with E-state index in [-0.39, 0.29) is 11.8 Å². The molecule has 1 aromatic rings. The van der Waals surface area contributed by atoms with Gasteiger partial charge in [-0.2, -0.15) is 0 Å². The number of aliphatic hydroxyl groups excluding tert-OH is 2. The second-order valence-corrected chi connectivity index (χ2v) is 6.89. The van der Waals surface area contributed by atoms with Crippen molar-refractivity contribution in [3.05, 3.63) is 34.6 Å². The lowest BCUT2D eigenvalue weighted by atomic mass is 9.55. The molecule has 1 aliphatic heterocycles. The third-order valence-electron chi connectivity index (χ3n) is 5.83. The quantitative estimate of drug-likeness (QED) is 0.633. The van der Waals surface area contributed by atoms with Crippen LogP contribution < -0.4 is 10.1 Å². The fraction of sp³-hybridized carbons (Fsp3) is 0.556. The van der Waals surface area contributed by atoms with Gasteiger partial charge in [-0.25, -0.2) is 0 Å². The molecule has 1 aromatic carbocycles. The van der Waals surface area contributed by atoms with Gasteiger partial charge in [0.1, 0.15) is 11.9 Å². The van der Waals surface area contributed by atoms with Crippen LogP contribution >= 0.6 is 0 Å². The summed E-state index contributed by atoms with van der Waals surface area (Å²) >= 11 is 0. The Morgan fingerprint density at radius 1 is 1.21 bits per heavy atom. The summed E-state index contributed by atoms with van der Waals surface area (Å²) in [6.45, 7) is 0.782. The third kappa shape index (κ3) is 1.87. The minimum absolute atomic E-state index is 0.0381. The maximum Gasteiger partial charge on any atom is 0.162 e. The summed E-state index contributed by atoms with van der Waals surface area (Å²) in [4.78, 5) is 0. The van der Waals surface area contributed by atoms with Crippen molar-refractivity contribution >= 4 is 0 Å². The van der Waals surface area contributed by atoms with Crippen LogP contribution in [0.2, 0.25) is 0 Å². The molecule has 24 heavy (non-hydrogen) atoms. The van der Waals surface area contributed by atoms with Gasteiger partial charge in [-0.05, 0) is 43.0 Å². The first-order valence-electron chi connectivity index (χ1n) is 8.31. The van der Waals surface area contributed by atoms with Crippen LogP contribution in [0.5, 0.6) is 11.5 Å². The van der Waals surface area contributed by atoms with Crippen molar-refractivity contribution in [3.63, 3.8) is 0 Å². The summed E-state index contributed by atoms with van der Waals surface area (Å²) in [5.74, 6) is 0.991. The SMILES string of the molecule is COC1=C2[C@@H]3Cc4ccc(OC)c(O)c4[C@]2(CCN3)C[C@@H](O)[C@H]1O. The Morgan fingerprint density at radius 2 is 2.00 bits per heavy atom. The van der Waals surface area contributed by atoms with E-state index in [0.29, 0.717) is 24.4 Å². The third-order valence-corrected chi connectivity index (χ3v) is 5.83. The number of fused-ring (bicyclic) bond motifs is 1. The Bertz CT molecular complexity index is 716. The number of ether oxygens (including phenoxy) is 2. The van der Waals surface area contributed by atoms with E-state index in [1.54, 1.807) is 6.07 Å². The Hall–Kier alpha value is -1.76. The van der Waals surface area contributed by atoms with E-state index >= 15 is 0 Å². The molecule has 4 N–H and O–H groups in total. The van der Waals surface area contributed by atoms with E-state index < -0.39 is 17.6 Å². The maximum absolute atomic E-state index is 10.8. The zero-order chi connectivity index (χ0) is 17.1. The van der Waals surface area contributed by atoms with E-state index in [1.807, 2.05) is 6.07 Å². The fourth-order valence-corrected chi connectivity index (χ4v) is 4.92. The average molecular weight is 333 g/mol. The summed E-state index contributed by atoms with van der Waals surface area (Å²) in [7, 11) is 3.05. The average Bonchev–Trinajstić information content (AvgIpc) is 2.55. The zero-order valence-electron chi connectivity index (χ0n) is 13.9. The number of aliphatic hydroxyl groups is 2. The highest BCUT2D eigenvalue weighted by molar-refractivity contribution is 5.62. The second kappa shape index (κ2) is 5.37. The van der Waals surface area contributed by atoms with E-state index in [0.717, 1.165) is 29.7 Å². The highest BCUT2D eigenvalue weighted by Crippen LogP contribution is 2.57. The monoisotopic (exact) mass is 333 g/mol. The largest absolute Gasteiger partial charge is 0.504 e. The second-order valence-electron chi connectivity index (χ2n) is 6.89. The number of phenolic OH excluding ortho intramolecular Hbond substituents is 1. The number of hydrogen-bond donors (Lipinski definition) is 4. The molecule has 2 bridgehead atoms. The fourth-order valence-electron chi connectivity index (χ4n) is 4.92. The van der Waals surface area contributed by atoms with E-state index in [2.05, 4.69) is 5.32 Å². The lowest BCUT2D eigenvalue weighted by Crippen LogP contribution is -2.59. The van der Waals surface area contributed by atoms with E-state index in [9.17, 15) is 15.3 Å². The molecule has 3 aliphatic rings. The molecular formula is C18H23NO5. The topological polar surface area (TPSA) is 91.2 Å². The minimum Gasteiger partial charge on any atom is -0.504 e. The number of benzene rings is 1. The molecule has 4 atom stereocenters. The highest BCUT2D eigenvalue weighted by Gasteiger charge is 2.55. The van der Waals surface area contributed by atoms with E-state index in [4.69, 9.17) is 9.47 Å². The molecule has 0 saturated carbocycles. The van der Waals surface area contributed by atoms with Gasteiger partial charge in [0.05, 0.1) is 20.3 Å². The molecule has 4 rings (SSSR count). The summed E-state index contributed by atoms with van der Waals surface area (Å²) < 4.78 is 10.8. The summed E-state index contributed by atoms with van der Waals surface area (Å²) in [5, 5.41) is 35.2. The van der Waals surface area contributed by atoms with Gasteiger partial charge >= 0.3 is 0 Å². The van der Waals surface area contributed by atoms with Crippen LogP contribution in [0.25, 0.3) is 0 Å². The van der Waals surface area contributed by atoms with Crippen LogP contribution in [0.1, 0.15) is 24.0 Å². The van der Waals surface area contributed by atoms with Gasteiger partial charge in [0.15, 0.2) is 11.5 Å². The molecule has 6 heteroatoms. The molecule has 6 nitrogen and oxygen atoms in total. The lowest BCUT2D eigenvalue weighted by Gasteiger charge is -2.53. The van der Waals surface area contributed by atoms with Crippen molar-refractivity contribution in [2.24, 2.45) is 0 Å². The number of methoxy groups -OCH3 is 2. The molecule has 0 radical (unpaired) electrons. The van der Waals surface area contributed by atoms with Crippen molar-refractivity contribution in [3.8, 4) is 11.5 Å². The van der Waals surface area contributed by atoms with E-state index in [1.165, 1.54) is 14.2 Å². The molecule has 1 saturated heterocycles. The minimum atomic E-state index is -1.03. The van der Waals surface area contributed by atoms with Crippen molar-refractivity contribution in [1.82, 2.24) is 5.32 Å². The van der Waals surface area contributed by atoms with Crippen LogP contribution in [-0.2, 0) is 16.6 Å². The molecule has 1 heterocycles. The smallest absolute Gasteiger partial charge is 0.162 e. The summed E-state index contributed by atoms with van der Waals surface area (Å²) in [6.07, 6.45) is -0.167. The summed E-state index contributed by atoms with van der Waals surface area (Å²) in [5.41, 5.74) is 2.29. The number of nitrogens with one attached hydrogen (secondary N) is 1. The van der Waals surface area contributed by atoms with Crippen molar-refractivity contribution in [2.45, 2.75) is 42.9 Å². The molecule has 2 aliphatic carbocycles. The molecule has 0 unspecified atom stereocenters. The van der Waals surface area contributed by atoms with Crippen LogP contribution in [-0.4, -0.2) is 54.3 Å². The van der Waals surface area contributed by atoms with Gasteiger partial charge in [0.25, 0.3) is 0 Å². The first-order chi connectivity index (χ1) is 11.5. The van der Waals surface area contributed by atoms with Gasteiger partial charge in [0, 0.05) is 17.0 Å². The lowest BCUT2D eigenvalue weighted by molar-refractivity contribution is -0.0260. The van der Waals surface area contributed by atoms with Gasteiger partial charge in [-0.1, -0.05) is 6.07 Å². The maximum atomic E-state index is 10.8. The highest BCUT2D eigenvalue weighted by atomic mass is 16.5. The zero-order valence-corrected chi connectivity index (χ0v) is 13.9. The van der Waals surface area contributed by atoms with Gasteiger partial charge in [0.2, 0.25) is 0 Å². The molecule has 0 amide bonds. The molecule has 0 spiro atoms. The number of rotatable bonds is 2. The Kier molecular flexibility index (Phi) is 3.53. The predicted octanol–water partition coefficient (Wildman–Crippen LogP) is 0.583. The standard InChI is InChI=1S/C18H23NO5/c1-23-12-4-3-9-7-10-14-17(24-2)15(21)11(20)8-18(14,5-6-19-10)13(9)16(12)22/h3-4,10-11,15,19-22H,5-8H2,1-2H3/t10-,11+,15+,18-/m0/s1. The molecular weight excluding hydrogens is 310 g/mol. The molecule has 130 valence electrons. The van der Waals surface area contributed by atoms with Crippen LogP contribution in [0, 0.1) is 0 Å². The number of hydrogen-bond acceptors (Lipinski definition) is 6. The first-order valence-corrected chi connectivity index (χ1v) is 8.31. The van der Waals surface area contributed by atoms with Crippen molar-refractivity contribution in [1.29, 1.82) is 0 Å². The molecule has 0 aromatic heterocycles. The first kappa shape index (κ1) is 15.7. The van der Waals surface area contributed by atoms with Gasteiger partial charge in [-0.3, -0.25) is 0 Å². The molecule has 1 fully saturated rings. The van der Waals surface area contributed by atoms with Crippen molar-refractivity contribution in [2.75, 3.05) is 20.8 Å². The predicted molar refractivity (Wildman–Crippen MR) is 87.1 cm³/mol. The number of phenols is 1. The normalized spacial score (nSPS) is 34.4. The van der Waals surface area contributed by atoms with Crippen molar-refractivity contribution < 1.29 is 24.8 Å². The summed E-state index contributed by atoms with van der Waals surface area (Å²) in [6, 6.07) is 3.80. The van der Waals surface area contributed by atoms with Crippen LogP contribution in [0.4, 0.5) is 0 Å². The Labute approximate surface area is 140 Å².